The van der Waals surface area contributed by atoms with E-state index in [-0.39, 0.29) is 6.42 Å². The number of benzene rings is 1. The lowest BCUT2D eigenvalue weighted by atomic mass is 10.0. The molecule has 0 aliphatic rings. The van der Waals surface area contributed by atoms with E-state index >= 15 is 0 Å². The Kier molecular flexibility index (Phi) is 3.94. The van der Waals surface area contributed by atoms with E-state index in [9.17, 15) is 18.3 Å². The van der Waals surface area contributed by atoms with Crippen LogP contribution < -0.4 is 5.73 Å². The second kappa shape index (κ2) is 5.50. The molecule has 1 aromatic heterocycles. The lowest BCUT2D eigenvalue weighted by Crippen LogP contribution is -2.07. The van der Waals surface area contributed by atoms with Gasteiger partial charge in [0.1, 0.15) is 5.82 Å². The number of aliphatic hydroxyl groups is 1. The minimum absolute atomic E-state index is 0.262. The summed E-state index contributed by atoms with van der Waals surface area (Å²) >= 11 is 0. The van der Waals surface area contributed by atoms with Crippen LogP contribution in [0.25, 0.3) is 0 Å². The second-order valence-electron chi connectivity index (χ2n) is 4.43. The third-order valence-electron chi connectivity index (χ3n) is 2.90. The molecule has 0 spiro atoms. The van der Waals surface area contributed by atoms with Crippen LogP contribution in [0.4, 0.5) is 19.0 Å². The van der Waals surface area contributed by atoms with Crippen molar-refractivity contribution in [1.82, 2.24) is 4.98 Å². The van der Waals surface area contributed by atoms with E-state index < -0.39 is 17.8 Å². The maximum absolute atomic E-state index is 12.4. The van der Waals surface area contributed by atoms with Gasteiger partial charge in [-0.2, -0.15) is 13.2 Å². The van der Waals surface area contributed by atoms with Gasteiger partial charge in [0.2, 0.25) is 0 Å². The van der Waals surface area contributed by atoms with Gasteiger partial charge in [-0.05, 0) is 35.4 Å². The third-order valence-corrected chi connectivity index (χ3v) is 2.90. The fraction of sp³-hybridized carbons (Fsp3) is 0.214. The molecule has 2 aromatic rings. The summed E-state index contributed by atoms with van der Waals surface area (Å²) < 4.78 is 37.3. The van der Waals surface area contributed by atoms with Crippen molar-refractivity contribution in [2.24, 2.45) is 0 Å². The van der Waals surface area contributed by atoms with Gasteiger partial charge in [0, 0.05) is 12.6 Å². The average Bonchev–Trinajstić information content (AvgIpc) is 2.38. The number of rotatable bonds is 3. The molecule has 1 atom stereocenters. The van der Waals surface area contributed by atoms with Gasteiger partial charge in [0.05, 0.1) is 11.7 Å². The fourth-order valence-corrected chi connectivity index (χ4v) is 1.86. The highest BCUT2D eigenvalue weighted by Gasteiger charge is 2.30. The quantitative estimate of drug-likeness (QED) is 0.910. The standard InChI is InChI=1S/C14H13F3N2O/c15-14(16,17)11-3-1-10(2-4-11)12(20)7-9-5-6-19-13(18)8-9/h1-6,8,12,20H,7H2,(H2,18,19). The molecule has 106 valence electrons. The fourth-order valence-electron chi connectivity index (χ4n) is 1.86. The summed E-state index contributed by atoms with van der Waals surface area (Å²) in [6, 6.07) is 7.78. The highest BCUT2D eigenvalue weighted by molar-refractivity contribution is 5.33. The summed E-state index contributed by atoms with van der Waals surface area (Å²) in [4.78, 5) is 3.83. The van der Waals surface area contributed by atoms with Gasteiger partial charge < -0.3 is 10.8 Å². The lowest BCUT2D eigenvalue weighted by Gasteiger charge is -2.13. The Labute approximate surface area is 113 Å². The normalized spacial score (nSPS) is 13.2. The van der Waals surface area contributed by atoms with Gasteiger partial charge in [-0.1, -0.05) is 12.1 Å². The minimum atomic E-state index is -4.37. The van der Waals surface area contributed by atoms with E-state index in [0.717, 1.165) is 17.7 Å². The second-order valence-corrected chi connectivity index (χ2v) is 4.43. The predicted molar refractivity (Wildman–Crippen MR) is 68.8 cm³/mol. The number of nitrogen functional groups attached to an aromatic ring is 1. The number of anilines is 1. The summed E-state index contributed by atoms with van der Waals surface area (Å²) in [6.45, 7) is 0. The van der Waals surface area contributed by atoms with Gasteiger partial charge in [-0.15, -0.1) is 0 Å². The molecule has 20 heavy (non-hydrogen) atoms. The average molecular weight is 282 g/mol. The Balaban J connectivity index is 2.11. The molecule has 3 nitrogen and oxygen atoms in total. The van der Waals surface area contributed by atoms with Gasteiger partial charge in [-0.3, -0.25) is 0 Å². The molecule has 0 saturated carbocycles. The Morgan fingerprint density at radius 1 is 1.15 bits per heavy atom. The van der Waals surface area contributed by atoms with E-state index in [1.807, 2.05) is 0 Å². The highest BCUT2D eigenvalue weighted by atomic mass is 19.4. The Hall–Kier alpha value is -2.08. The van der Waals surface area contributed by atoms with Crippen molar-refractivity contribution in [3.05, 3.63) is 59.3 Å². The van der Waals surface area contributed by atoms with Crippen LogP contribution in [0, 0.1) is 0 Å². The summed E-state index contributed by atoms with van der Waals surface area (Å²) in [5, 5.41) is 10.0. The molecule has 1 heterocycles. The summed E-state index contributed by atoms with van der Waals surface area (Å²) in [7, 11) is 0. The van der Waals surface area contributed by atoms with Crippen molar-refractivity contribution in [2.45, 2.75) is 18.7 Å². The van der Waals surface area contributed by atoms with Crippen molar-refractivity contribution in [2.75, 3.05) is 5.73 Å². The van der Waals surface area contributed by atoms with Crippen LogP contribution in [0.15, 0.2) is 42.6 Å². The van der Waals surface area contributed by atoms with Crippen molar-refractivity contribution in [1.29, 1.82) is 0 Å². The van der Waals surface area contributed by atoms with Gasteiger partial charge in [-0.25, -0.2) is 4.98 Å². The number of hydrogen-bond acceptors (Lipinski definition) is 3. The molecule has 1 aromatic carbocycles. The van der Waals surface area contributed by atoms with Gasteiger partial charge in [0.25, 0.3) is 0 Å². The van der Waals surface area contributed by atoms with E-state index in [1.54, 1.807) is 12.1 Å². The summed E-state index contributed by atoms with van der Waals surface area (Å²) in [5.41, 5.74) is 5.98. The maximum Gasteiger partial charge on any atom is 0.416 e. The molecule has 0 amide bonds. The molecule has 2 rings (SSSR count). The number of aromatic nitrogens is 1. The molecular formula is C14H13F3N2O. The summed E-state index contributed by atoms with van der Waals surface area (Å²) in [6.07, 6.45) is -3.48. The summed E-state index contributed by atoms with van der Waals surface area (Å²) in [5.74, 6) is 0.335. The number of pyridine rings is 1. The predicted octanol–water partition coefficient (Wildman–Crippen LogP) is 2.96. The van der Waals surface area contributed by atoms with Crippen LogP contribution in [-0.2, 0) is 12.6 Å². The SMILES string of the molecule is Nc1cc(CC(O)c2ccc(C(F)(F)F)cc2)ccn1. The first-order valence-electron chi connectivity index (χ1n) is 5.92. The largest absolute Gasteiger partial charge is 0.416 e. The number of halogens is 3. The zero-order chi connectivity index (χ0) is 14.8. The molecule has 3 N–H and O–H groups in total. The minimum Gasteiger partial charge on any atom is -0.388 e. The van der Waals surface area contributed by atoms with Crippen LogP contribution in [0.2, 0.25) is 0 Å². The van der Waals surface area contributed by atoms with Crippen LogP contribution in [-0.4, -0.2) is 10.1 Å². The topological polar surface area (TPSA) is 59.1 Å². The smallest absolute Gasteiger partial charge is 0.388 e. The highest BCUT2D eigenvalue weighted by Crippen LogP contribution is 2.30. The number of nitrogens with two attached hydrogens (primary N) is 1. The van der Waals surface area contributed by atoms with Crippen molar-refractivity contribution in [3.8, 4) is 0 Å². The number of hydrogen-bond donors (Lipinski definition) is 2. The van der Waals surface area contributed by atoms with Gasteiger partial charge >= 0.3 is 6.18 Å². The van der Waals surface area contributed by atoms with Gasteiger partial charge in [0.15, 0.2) is 0 Å². The zero-order valence-electron chi connectivity index (χ0n) is 10.4. The molecule has 0 aliphatic heterocycles. The van der Waals surface area contributed by atoms with Crippen molar-refractivity contribution >= 4 is 5.82 Å². The molecule has 6 heteroatoms. The zero-order valence-corrected chi connectivity index (χ0v) is 10.4. The van der Waals surface area contributed by atoms with E-state index in [2.05, 4.69) is 4.98 Å². The van der Waals surface area contributed by atoms with Crippen molar-refractivity contribution in [3.63, 3.8) is 0 Å². The number of alkyl halides is 3. The molecule has 0 saturated heterocycles. The van der Waals surface area contributed by atoms with E-state index in [1.165, 1.54) is 18.3 Å². The molecular weight excluding hydrogens is 269 g/mol. The van der Waals surface area contributed by atoms with Crippen LogP contribution in [0.5, 0.6) is 0 Å². The molecule has 0 fully saturated rings. The first kappa shape index (κ1) is 14.3. The van der Waals surface area contributed by atoms with Crippen molar-refractivity contribution < 1.29 is 18.3 Å². The molecule has 0 aliphatic carbocycles. The first-order chi connectivity index (χ1) is 9.36. The van der Waals surface area contributed by atoms with Crippen LogP contribution in [0.1, 0.15) is 22.8 Å². The Morgan fingerprint density at radius 3 is 2.35 bits per heavy atom. The maximum atomic E-state index is 12.4. The van der Waals surface area contributed by atoms with E-state index in [0.29, 0.717) is 11.4 Å². The monoisotopic (exact) mass is 282 g/mol. The molecule has 0 bridgehead atoms. The molecule has 1 unspecified atom stereocenters. The Morgan fingerprint density at radius 2 is 1.80 bits per heavy atom. The number of aliphatic hydroxyl groups excluding tert-OH is 1. The third kappa shape index (κ3) is 3.48. The molecule has 0 radical (unpaired) electrons. The van der Waals surface area contributed by atoms with Crippen LogP contribution >= 0.6 is 0 Å². The number of nitrogens with zero attached hydrogens (tertiary/aromatic N) is 1. The lowest BCUT2D eigenvalue weighted by molar-refractivity contribution is -0.137. The van der Waals surface area contributed by atoms with Crippen LogP contribution in [0.3, 0.4) is 0 Å². The Bertz CT molecular complexity index is 582. The van der Waals surface area contributed by atoms with E-state index in [4.69, 9.17) is 5.73 Å². The first-order valence-corrected chi connectivity index (χ1v) is 5.92.